The second-order valence-corrected chi connectivity index (χ2v) is 9.58. The number of benzene rings is 1. The summed E-state index contributed by atoms with van der Waals surface area (Å²) >= 11 is 10.2. The molecule has 0 spiro atoms. The van der Waals surface area contributed by atoms with E-state index in [-0.39, 0.29) is 5.91 Å². The van der Waals surface area contributed by atoms with Crippen LogP contribution >= 0.6 is 27.5 Å². The highest BCUT2D eigenvalue weighted by Gasteiger charge is 2.23. The van der Waals surface area contributed by atoms with E-state index >= 15 is 0 Å². The lowest BCUT2D eigenvalue weighted by Gasteiger charge is -2.27. The Labute approximate surface area is 196 Å². The number of nitrogens with zero attached hydrogens (tertiary/aromatic N) is 3. The van der Waals surface area contributed by atoms with E-state index in [1.165, 1.54) is 6.42 Å². The van der Waals surface area contributed by atoms with E-state index in [2.05, 4.69) is 45.8 Å². The normalized spacial score (nSPS) is 14.3. The number of H-pyrrole nitrogens is 1. The number of amides is 1. The average Bonchev–Trinajstić information content (AvgIpc) is 3.25. The molecule has 0 unspecified atom stereocenters. The summed E-state index contributed by atoms with van der Waals surface area (Å²) in [5.74, 6) is 1.33. The number of halogens is 2. The predicted molar refractivity (Wildman–Crippen MR) is 128 cm³/mol. The van der Waals surface area contributed by atoms with Crippen molar-refractivity contribution in [2.75, 3.05) is 13.1 Å². The molecular weight excluding hydrogens is 476 g/mol. The highest BCUT2D eigenvalue weighted by molar-refractivity contribution is 9.10. The SMILES string of the molecule is CC(C)Cc1cc(-c2nc(-c3ccc(C(=O)N4CCCCC4)c(Br)c3Cl)c[nH]2)ccn1. The number of piperidine rings is 1. The van der Waals surface area contributed by atoms with E-state index in [0.29, 0.717) is 21.0 Å². The second kappa shape index (κ2) is 9.53. The summed E-state index contributed by atoms with van der Waals surface area (Å²) in [5, 5.41) is 0.496. The molecule has 1 aliphatic heterocycles. The first-order valence-corrected chi connectivity index (χ1v) is 11.9. The van der Waals surface area contributed by atoms with Crippen LogP contribution in [0.1, 0.15) is 49.2 Å². The van der Waals surface area contributed by atoms with E-state index in [1.54, 1.807) is 0 Å². The molecule has 0 atom stereocenters. The lowest BCUT2D eigenvalue weighted by Crippen LogP contribution is -2.35. The van der Waals surface area contributed by atoms with Crippen molar-refractivity contribution in [1.29, 1.82) is 0 Å². The molecule has 31 heavy (non-hydrogen) atoms. The van der Waals surface area contributed by atoms with Gasteiger partial charge in [-0.2, -0.15) is 0 Å². The van der Waals surface area contributed by atoms with Crippen LogP contribution in [-0.2, 0) is 6.42 Å². The Bertz CT molecular complexity index is 1090. The highest BCUT2D eigenvalue weighted by atomic mass is 79.9. The average molecular weight is 502 g/mol. The summed E-state index contributed by atoms with van der Waals surface area (Å²) in [6, 6.07) is 7.73. The van der Waals surface area contributed by atoms with Crippen LogP contribution in [0.25, 0.3) is 22.6 Å². The Balaban J connectivity index is 1.60. The molecule has 0 radical (unpaired) electrons. The lowest BCUT2D eigenvalue weighted by molar-refractivity contribution is 0.0723. The van der Waals surface area contributed by atoms with Crippen molar-refractivity contribution in [3.05, 3.63) is 57.4 Å². The molecule has 1 N–H and O–H groups in total. The molecule has 3 heterocycles. The number of aromatic amines is 1. The van der Waals surface area contributed by atoms with Gasteiger partial charge in [-0.3, -0.25) is 9.78 Å². The maximum atomic E-state index is 12.9. The van der Waals surface area contributed by atoms with E-state index in [1.807, 2.05) is 35.5 Å². The minimum absolute atomic E-state index is 0.0252. The smallest absolute Gasteiger partial charge is 0.255 e. The first-order chi connectivity index (χ1) is 14.9. The largest absolute Gasteiger partial charge is 0.344 e. The van der Waals surface area contributed by atoms with E-state index in [4.69, 9.17) is 16.6 Å². The van der Waals surface area contributed by atoms with Crippen molar-refractivity contribution >= 4 is 33.4 Å². The third-order valence-corrected chi connectivity index (χ3v) is 6.96. The zero-order valence-electron chi connectivity index (χ0n) is 17.8. The third kappa shape index (κ3) is 4.85. The highest BCUT2D eigenvalue weighted by Crippen LogP contribution is 2.37. The second-order valence-electron chi connectivity index (χ2n) is 8.41. The Morgan fingerprint density at radius 2 is 2.00 bits per heavy atom. The van der Waals surface area contributed by atoms with Crippen molar-refractivity contribution in [1.82, 2.24) is 19.9 Å². The maximum absolute atomic E-state index is 12.9. The molecule has 1 fully saturated rings. The Kier molecular flexibility index (Phi) is 6.77. The monoisotopic (exact) mass is 500 g/mol. The van der Waals surface area contributed by atoms with Gasteiger partial charge in [0.05, 0.1) is 16.3 Å². The number of pyridine rings is 1. The van der Waals surface area contributed by atoms with Gasteiger partial charge in [-0.25, -0.2) is 4.98 Å². The first kappa shape index (κ1) is 22.0. The molecule has 1 aromatic carbocycles. The summed E-state index contributed by atoms with van der Waals surface area (Å²) < 4.78 is 0.620. The van der Waals surface area contributed by atoms with Crippen LogP contribution in [0.4, 0.5) is 0 Å². The number of hydrogen-bond acceptors (Lipinski definition) is 3. The summed E-state index contributed by atoms with van der Waals surface area (Å²) in [5.41, 5.74) is 4.15. The topological polar surface area (TPSA) is 61.9 Å². The molecular formula is C24H26BrClN4O. The molecule has 0 bridgehead atoms. The standard InChI is InChI=1S/C24H26BrClN4O/c1-15(2)12-17-13-16(8-9-27-17)23-28-14-20(29-23)18-6-7-19(21(25)22(18)26)24(31)30-10-4-3-5-11-30/h6-9,13-15H,3-5,10-12H2,1-2H3,(H,28,29). The van der Waals surface area contributed by atoms with Crippen LogP contribution in [-0.4, -0.2) is 38.8 Å². The molecule has 7 heteroatoms. The maximum Gasteiger partial charge on any atom is 0.255 e. The fourth-order valence-corrected chi connectivity index (χ4v) is 4.72. The number of likely N-dealkylation sites (tertiary alicyclic amines) is 1. The van der Waals surface area contributed by atoms with Crippen molar-refractivity contribution in [3.8, 4) is 22.6 Å². The molecule has 1 aliphatic rings. The number of aromatic nitrogens is 3. The van der Waals surface area contributed by atoms with Crippen molar-refractivity contribution < 1.29 is 4.79 Å². The van der Waals surface area contributed by atoms with E-state index < -0.39 is 0 Å². The van der Waals surface area contributed by atoms with Gasteiger partial charge >= 0.3 is 0 Å². The predicted octanol–water partition coefficient (Wildman–Crippen LogP) is 6.38. The Morgan fingerprint density at radius 1 is 1.23 bits per heavy atom. The van der Waals surface area contributed by atoms with Gasteiger partial charge in [0, 0.05) is 46.8 Å². The molecule has 3 aromatic rings. The van der Waals surface area contributed by atoms with Crippen LogP contribution in [0.2, 0.25) is 5.02 Å². The summed E-state index contributed by atoms with van der Waals surface area (Å²) in [7, 11) is 0. The van der Waals surface area contributed by atoms with Gasteiger partial charge in [-0.05, 0) is 65.7 Å². The fraction of sp³-hybridized carbons (Fsp3) is 0.375. The molecule has 0 saturated carbocycles. The van der Waals surface area contributed by atoms with Gasteiger partial charge in [-0.1, -0.05) is 31.5 Å². The number of carbonyl (C=O) groups excluding carboxylic acids is 1. The van der Waals surface area contributed by atoms with E-state index in [9.17, 15) is 4.79 Å². The number of rotatable bonds is 5. The number of hydrogen-bond donors (Lipinski definition) is 1. The zero-order chi connectivity index (χ0) is 22.0. The van der Waals surface area contributed by atoms with Crippen molar-refractivity contribution in [2.24, 2.45) is 5.92 Å². The van der Waals surface area contributed by atoms with Crippen molar-refractivity contribution in [3.63, 3.8) is 0 Å². The third-order valence-electron chi connectivity index (χ3n) is 5.52. The molecule has 1 amide bonds. The summed E-state index contributed by atoms with van der Waals surface area (Å²) in [6.07, 6.45) is 7.88. The Hall–Kier alpha value is -2.18. The van der Waals surface area contributed by atoms with Crippen molar-refractivity contribution in [2.45, 2.75) is 39.5 Å². The fourth-order valence-electron chi connectivity index (χ4n) is 3.94. The number of carbonyl (C=O) groups is 1. The van der Waals surface area contributed by atoms with Crippen LogP contribution in [0.3, 0.4) is 0 Å². The molecule has 1 saturated heterocycles. The van der Waals surface area contributed by atoms with Gasteiger partial charge in [0.15, 0.2) is 0 Å². The quantitative estimate of drug-likeness (QED) is 0.441. The lowest BCUT2D eigenvalue weighted by atomic mass is 10.1. The molecule has 2 aromatic heterocycles. The van der Waals surface area contributed by atoms with Crippen LogP contribution in [0.5, 0.6) is 0 Å². The number of imidazole rings is 1. The summed E-state index contributed by atoms with van der Waals surface area (Å²) in [4.78, 5) is 27.3. The van der Waals surface area contributed by atoms with Gasteiger partial charge in [0.2, 0.25) is 0 Å². The van der Waals surface area contributed by atoms with Crippen LogP contribution in [0, 0.1) is 5.92 Å². The number of nitrogens with one attached hydrogen (secondary N) is 1. The van der Waals surface area contributed by atoms with Gasteiger partial charge in [0.1, 0.15) is 5.82 Å². The molecule has 0 aliphatic carbocycles. The molecule has 4 rings (SSSR count). The minimum atomic E-state index is 0.0252. The van der Waals surface area contributed by atoms with E-state index in [0.717, 1.165) is 60.7 Å². The first-order valence-electron chi connectivity index (χ1n) is 10.7. The van der Waals surface area contributed by atoms with Crippen LogP contribution in [0.15, 0.2) is 41.1 Å². The van der Waals surface area contributed by atoms with Crippen LogP contribution < -0.4 is 0 Å². The molecule has 5 nitrogen and oxygen atoms in total. The summed E-state index contributed by atoms with van der Waals surface area (Å²) in [6.45, 7) is 5.97. The Morgan fingerprint density at radius 3 is 2.74 bits per heavy atom. The van der Waals surface area contributed by atoms with Gasteiger partial charge < -0.3 is 9.88 Å². The minimum Gasteiger partial charge on any atom is -0.344 e. The molecule has 162 valence electrons. The van der Waals surface area contributed by atoms with Gasteiger partial charge in [0.25, 0.3) is 5.91 Å². The zero-order valence-corrected chi connectivity index (χ0v) is 20.1. The van der Waals surface area contributed by atoms with Gasteiger partial charge in [-0.15, -0.1) is 0 Å².